The number of carbonyl (C=O) groups is 1. The van der Waals surface area contributed by atoms with E-state index in [4.69, 9.17) is 28.2 Å². The number of halogens is 2. The Hall–Kier alpha value is -3.30. The zero-order valence-corrected chi connectivity index (χ0v) is 26.2. The largest absolute Gasteiger partial charge is 0.368 e. The molecule has 0 saturated carbocycles. The van der Waals surface area contributed by atoms with Crippen LogP contribution >= 0.6 is 35.0 Å². The fraction of sp³-hybridized carbons (Fsp3) is 0.303. The Morgan fingerprint density at radius 2 is 1.44 bits per heavy atom. The molecule has 7 nitrogen and oxygen atoms in total. The second-order valence-corrected chi connectivity index (χ2v) is 12.6. The summed E-state index contributed by atoms with van der Waals surface area (Å²) >= 11 is 14.1. The molecule has 43 heavy (non-hydrogen) atoms. The van der Waals surface area contributed by atoms with Gasteiger partial charge in [0.15, 0.2) is 5.16 Å². The van der Waals surface area contributed by atoms with Gasteiger partial charge in [-0.3, -0.25) is 9.69 Å². The van der Waals surface area contributed by atoms with Crippen molar-refractivity contribution in [1.29, 1.82) is 0 Å². The molecule has 3 aromatic carbocycles. The third-order valence-corrected chi connectivity index (χ3v) is 9.24. The minimum Gasteiger partial charge on any atom is -0.368 e. The van der Waals surface area contributed by atoms with Crippen LogP contribution in [0.5, 0.6) is 0 Å². The summed E-state index contributed by atoms with van der Waals surface area (Å²) in [6.07, 6.45) is 0. The second-order valence-electron chi connectivity index (χ2n) is 10.8. The maximum atomic E-state index is 13.3. The highest BCUT2D eigenvalue weighted by molar-refractivity contribution is 7.98. The van der Waals surface area contributed by atoms with Crippen molar-refractivity contribution in [3.05, 3.63) is 112 Å². The molecular weight excluding hydrogens is 599 g/mol. The molecule has 0 spiro atoms. The number of anilines is 2. The monoisotopic (exact) mass is 632 g/mol. The third-order valence-electron chi connectivity index (χ3n) is 7.89. The molecule has 4 aromatic rings. The average Bonchev–Trinajstić information content (AvgIpc) is 3.04. The van der Waals surface area contributed by atoms with Gasteiger partial charge in [0.25, 0.3) is 5.91 Å². The van der Waals surface area contributed by atoms with Gasteiger partial charge < -0.3 is 14.7 Å². The summed E-state index contributed by atoms with van der Waals surface area (Å²) in [6, 6.07) is 28.2. The predicted molar refractivity (Wildman–Crippen MR) is 177 cm³/mol. The number of nitrogens with zero attached hydrogens (tertiary/aromatic N) is 6. The van der Waals surface area contributed by atoms with Crippen molar-refractivity contribution < 1.29 is 4.79 Å². The molecule has 0 unspecified atom stereocenters. The molecule has 0 radical (unpaired) electrons. The molecule has 0 N–H and O–H groups in total. The van der Waals surface area contributed by atoms with Crippen LogP contribution in [0.4, 0.5) is 11.5 Å². The molecule has 3 heterocycles. The van der Waals surface area contributed by atoms with Crippen LogP contribution in [0.3, 0.4) is 0 Å². The topological polar surface area (TPSA) is 55.8 Å². The summed E-state index contributed by atoms with van der Waals surface area (Å²) in [5.41, 5.74) is 4.18. The van der Waals surface area contributed by atoms with Crippen molar-refractivity contribution in [3.63, 3.8) is 0 Å². The van der Waals surface area contributed by atoms with Crippen LogP contribution in [0.25, 0.3) is 0 Å². The average molecular weight is 634 g/mol. The summed E-state index contributed by atoms with van der Waals surface area (Å²) in [6.45, 7) is 7.57. The van der Waals surface area contributed by atoms with E-state index in [1.165, 1.54) is 17.3 Å². The summed E-state index contributed by atoms with van der Waals surface area (Å²) in [5, 5.41) is 1.81. The van der Waals surface area contributed by atoms with Crippen molar-refractivity contribution in [2.24, 2.45) is 0 Å². The number of thioether (sulfide) groups is 1. The lowest BCUT2D eigenvalue weighted by Crippen LogP contribution is -2.48. The molecule has 0 atom stereocenters. The van der Waals surface area contributed by atoms with Crippen LogP contribution < -0.4 is 9.80 Å². The van der Waals surface area contributed by atoms with E-state index in [0.717, 1.165) is 67.9 Å². The van der Waals surface area contributed by atoms with Gasteiger partial charge in [0.05, 0.1) is 0 Å². The lowest BCUT2D eigenvalue weighted by Gasteiger charge is -2.36. The number of aromatic nitrogens is 2. The molecule has 2 aliphatic rings. The zero-order valence-electron chi connectivity index (χ0n) is 23.9. The lowest BCUT2D eigenvalue weighted by molar-refractivity contribution is 0.0746. The Kier molecular flexibility index (Phi) is 9.68. The minimum absolute atomic E-state index is 0.0605. The SMILES string of the molecule is O=C(c1cccc(CSc2nc(Cl)cc(N3CCN(Cc4ccccc4)CC3)n2)c1)N1CCN(c2cccc(Cl)c2)CC1. The highest BCUT2D eigenvalue weighted by atomic mass is 35.5. The Morgan fingerprint density at radius 1 is 0.721 bits per heavy atom. The second kappa shape index (κ2) is 14.0. The van der Waals surface area contributed by atoms with Crippen molar-refractivity contribution >= 4 is 52.4 Å². The Balaban J connectivity index is 1.03. The first kappa shape index (κ1) is 29.8. The normalized spacial score (nSPS) is 16.0. The van der Waals surface area contributed by atoms with E-state index >= 15 is 0 Å². The predicted octanol–water partition coefficient (Wildman–Crippen LogP) is 6.36. The highest BCUT2D eigenvalue weighted by Crippen LogP contribution is 2.26. The van der Waals surface area contributed by atoms with Crippen LogP contribution in [-0.4, -0.2) is 78.0 Å². The molecule has 222 valence electrons. The van der Waals surface area contributed by atoms with E-state index in [0.29, 0.717) is 34.7 Å². The molecule has 1 amide bonds. The smallest absolute Gasteiger partial charge is 0.253 e. The van der Waals surface area contributed by atoms with Crippen LogP contribution in [0.15, 0.2) is 90.1 Å². The van der Waals surface area contributed by atoms with Gasteiger partial charge in [0.2, 0.25) is 0 Å². The van der Waals surface area contributed by atoms with Gasteiger partial charge in [-0.05, 0) is 41.5 Å². The number of hydrogen-bond donors (Lipinski definition) is 0. The van der Waals surface area contributed by atoms with E-state index in [2.05, 4.69) is 56.1 Å². The van der Waals surface area contributed by atoms with Crippen LogP contribution in [-0.2, 0) is 12.3 Å². The highest BCUT2D eigenvalue weighted by Gasteiger charge is 2.23. The first-order chi connectivity index (χ1) is 21.0. The van der Waals surface area contributed by atoms with Gasteiger partial charge in [-0.2, -0.15) is 0 Å². The molecule has 0 bridgehead atoms. The van der Waals surface area contributed by atoms with E-state index in [-0.39, 0.29) is 5.91 Å². The van der Waals surface area contributed by atoms with Gasteiger partial charge in [-0.1, -0.05) is 83.5 Å². The van der Waals surface area contributed by atoms with Crippen molar-refractivity contribution in [2.45, 2.75) is 17.5 Å². The van der Waals surface area contributed by atoms with Crippen LogP contribution in [0.2, 0.25) is 10.2 Å². The number of benzene rings is 3. The summed E-state index contributed by atoms with van der Waals surface area (Å²) in [7, 11) is 0. The standard InChI is InChI=1S/C33H34Cl2N6OS/c34-28-10-5-11-29(21-28)39-16-18-41(19-17-39)32(42)27-9-4-8-26(20-27)24-43-33-36-30(35)22-31(37-33)40-14-12-38(13-15-40)23-25-6-2-1-3-7-25/h1-11,20-22H,12-19,23-24H2. The number of amides is 1. The molecule has 2 fully saturated rings. The zero-order chi connectivity index (χ0) is 29.6. The first-order valence-corrected chi connectivity index (χ1v) is 16.3. The van der Waals surface area contributed by atoms with Crippen molar-refractivity contribution in [3.8, 4) is 0 Å². The summed E-state index contributed by atoms with van der Waals surface area (Å²) in [5.74, 6) is 1.57. The quantitative estimate of drug-likeness (QED) is 0.127. The maximum absolute atomic E-state index is 13.3. The lowest BCUT2D eigenvalue weighted by atomic mass is 10.1. The van der Waals surface area contributed by atoms with Crippen LogP contribution in [0.1, 0.15) is 21.5 Å². The van der Waals surface area contributed by atoms with Crippen molar-refractivity contribution in [1.82, 2.24) is 19.8 Å². The molecule has 6 rings (SSSR count). The van der Waals surface area contributed by atoms with Gasteiger partial charge in [-0.25, -0.2) is 9.97 Å². The van der Waals surface area contributed by atoms with E-state index < -0.39 is 0 Å². The molecule has 10 heteroatoms. The van der Waals surface area contributed by atoms with Gasteiger partial charge in [0.1, 0.15) is 11.0 Å². The fourth-order valence-corrected chi connectivity index (χ4v) is 6.76. The minimum atomic E-state index is 0.0605. The number of carbonyl (C=O) groups excluding carboxylic acids is 1. The Labute approximate surface area is 267 Å². The molecular formula is C33H34Cl2N6OS. The van der Waals surface area contributed by atoms with Crippen LogP contribution in [0, 0.1) is 0 Å². The summed E-state index contributed by atoms with van der Waals surface area (Å²) in [4.78, 5) is 31.6. The number of hydrogen-bond acceptors (Lipinski definition) is 7. The Bertz CT molecular complexity index is 1540. The van der Waals surface area contributed by atoms with E-state index in [9.17, 15) is 4.79 Å². The molecule has 2 aliphatic heterocycles. The number of rotatable bonds is 8. The van der Waals surface area contributed by atoms with Gasteiger partial charge in [0, 0.05) is 87.0 Å². The molecule has 2 saturated heterocycles. The van der Waals surface area contributed by atoms with Gasteiger partial charge in [-0.15, -0.1) is 0 Å². The van der Waals surface area contributed by atoms with Gasteiger partial charge >= 0.3 is 0 Å². The maximum Gasteiger partial charge on any atom is 0.253 e. The molecule has 1 aromatic heterocycles. The third kappa shape index (κ3) is 7.81. The molecule has 0 aliphatic carbocycles. The van der Waals surface area contributed by atoms with Crippen molar-refractivity contribution in [2.75, 3.05) is 62.2 Å². The summed E-state index contributed by atoms with van der Waals surface area (Å²) < 4.78 is 0. The van der Waals surface area contributed by atoms with E-state index in [1.54, 1.807) is 0 Å². The fourth-order valence-electron chi connectivity index (χ4n) is 5.55. The first-order valence-electron chi connectivity index (χ1n) is 14.6. The number of piperazine rings is 2. The van der Waals surface area contributed by atoms with E-state index in [1.807, 2.05) is 53.4 Å². The Morgan fingerprint density at radius 3 is 2.21 bits per heavy atom.